The highest BCUT2D eigenvalue weighted by molar-refractivity contribution is 6.28. The summed E-state index contributed by atoms with van der Waals surface area (Å²) >= 11 is 5.73. The molecule has 2 rings (SSSR count). The third-order valence-corrected chi connectivity index (χ3v) is 2.87. The van der Waals surface area contributed by atoms with E-state index < -0.39 is 0 Å². The third kappa shape index (κ3) is 2.56. The fourth-order valence-corrected chi connectivity index (χ4v) is 2.41. The van der Waals surface area contributed by atoms with Crippen LogP contribution >= 0.6 is 11.6 Å². The lowest BCUT2D eigenvalue weighted by atomic mass is 9.92. The number of anilines is 1. The summed E-state index contributed by atoms with van der Waals surface area (Å²) in [5, 5.41) is 7.69. The predicted molar refractivity (Wildman–Crippen MR) is 60.0 cm³/mol. The van der Waals surface area contributed by atoms with Gasteiger partial charge < -0.3 is 4.90 Å². The van der Waals surface area contributed by atoms with Gasteiger partial charge in [-0.3, -0.25) is 0 Å². The maximum atomic E-state index is 5.73. The first kappa shape index (κ1) is 10.6. The van der Waals surface area contributed by atoms with E-state index in [-0.39, 0.29) is 5.28 Å². The van der Waals surface area contributed by atoms with Crippen molar-refractivity contribution in [3.63, 3.8) is 0 Å². The van der Waals surface area contributed by atoms with Crippen molar-refractivity contribution in [2.24, 2.45) is 11.8 Å². The van der Waals surface area contributed by atoms with Crippen molar-refractivity contribution in [1.82, 2.24) is 15.2 Å². The van der Waals surface area contributed by atoms with Crippen molar-refractivity contribution in [3.8, 4) is 0 Å². The molecule has 82 valence electrons. The molecular formula is C10H15ClN4. The van der Waals surface area contributed by atoms with Crippen LogP contribution in [0.4, 0.5) is 5.82 Å². The van der Waals surface area contributed by atoms with E-state index in [1.807, 2.05) is 0 Å². The molecule has 4 nitrogen and oxygen atoms in total. The Morgan fingerprint density at radius 3 is 2.60 bits per heavy atom. The number of nitrogens with zero attached hydrogens (tertiary/aromatic N) is 4. The molecule has 1 aliphatic rings. The van der Waals surface area contributed by atoms with Crippen LogP contribution in [0, 0.1) is 11.8 Å². The van der Waals surface area contributed by atoms with Gasteiger partial charge in [0.05, 0.1) is 6.20 Å². The van der Waals surface area contributed by atoms with Gasteiger partial charge in [-0.05, 0) is 29.9 Å². The molecule has 2 atom stereocenters. The normalized spacial score (nSPS) is 26.7. The Hall–Kier alpha value is -0.900. The van der Waals surface area contributed by atoms with Crippen LogP contribution in [-0.2, 0) is 0 Å². The second-order valence-corrected chi connectivity index (χ2v) is 4.77. The molecule has 1 fully saturated rings. The second-order valence-electron chi connectivity index (χ2n) is 4.43. The van der Waals surface area contributed by atoms with Crippen molar-refractivity contribution < 1.29 is 0 Å². The van der Waals surface area contributed by atoms with E-state index in [4.69, 9.17) is 11.6 Å². The average molecular weight is 227 g/mol. The van der Waals surface area contributed by atoms with Gasteiger partial charge in [0.25, 0.3) is 0 Å². The first-order valence-corrected chi connectivity index (χ1v) is 5.63. The van der Waals surface area contributed by atoms with E-state index in [9.17, 15) is 0 Å². The molecule has 0 radical (unpaired) electrons. The first-order chi connectivity index (χ1) is 7.15. The molecule has 1 saturated heterocycles. The molecule has 0 aliphatic carbocycles. The number of rotatable bonds is 1. The lowest BCUT2D eigenvalue weighted by molar-refractivity contribution is 0.355. The molecule has 5 heteroatoms. The van der Waals surface area contributed by atoms with Gasteiger partial charge in [0.2, 0.25) is 5.28 Å². The quantitative estimate of drug-likeness (QED) is 0.735. The van der Waals surface area contributed by atoms with Gasteiger partial charge in [0.1, 0.15) is 0 Å². The lowest BCUT2D eigenvalue weighted by Crippen LogP contribution is -2.39. The Kier molecular flexibility index (Phi) is 3.05. The first-order valence-electron chi connectivity index (χ1n) is 5.25. The van der Waals surface area contributed by atoms with E-state index in [0.717, 1.165) is 18.9 Å². The molecule has 1 aromatic heterocycles. The minimum absolute atomic E-state index is 0.221. The zero-order valence-electron chi connectivity index (χ0n) is 9.02. The Bertz CT molecular complexity index is 334. The second kappa shape index (κ2) is 4.31. The van der Waals surface area contributed by atoms with Crippen LogP contribution in [0.25, 0.3) is 0 Å². The highest BCUT2D eigenvalue weighted by atomic mass is 35.5. The molecule has 0 N–H and O–H groups in total. The van der Waals surface area contributed by atoms with Crippen molar-refractivity contribution in [2.45, 2.75) is 20.3 Å². The number of piperidine rings is 1. The fourth-order valence-electron chi connectivity index (χ4n) is 2.28. The third-order valence-electron chi connectivity index (χ3n) is 2.71. The Morgan fingerprint density at radius 1 is 1.33 bits per heavy atom. The van der Waals surface area contributed by atoms with E-state index >= 15 is 0 Å². The molecule has 2 heterocycles. The average Bonchev–Trinajstić information content (AvgIpc) is 2.16. The Labute approximate surface area is 94.7 Å². The van der Waals surface area contributed by atoms with Crippen molar-refractivity contribution in [2.75, 3.05) is 18.0 Å². The zero-order chi connectivity index (χ0) is 10.8. The van der Waals surface area contributed by atoms with Crippen LogP contribution in [0.1, 0.15) is 20.3 Å². The van der Waals surface area contributed by atoms with Crippen LogP contribution in [0.15, 0.2) is 6.20 Å². The van der Waals surface area contributed by atoms with Gasteiger partial charge in [-0.2, -0.15) is 10.1 Å². The molecule has 1 aromatic rings. The predicted octanol–water partition coefficient (Wildman–Crippen LogP) is 2.01. The summed E-state index contributed by atoms with van der Waals surface area (Å²) in [4.78, 5) is 6.42. The molecule has 2 unspecified atom stereocenters. The smallest absolute Gasteiger partial charge is 0.244 e. The molecule has 0 saturated carbocycles. The van der Waals surface area contributed by atoms with Crippen LogP contribution in [-0.4, -0.2) is 28.3 Å². The monoisotopic (exact) mass is 226 g/mol. The van der Waals surface area contributed by atoms with Gasteiger partial charge in [0, 0.05) is 13.1 Å². The maximum absolute atomic E-state index is 5.73. The van der Waals surface area contributed by atoms with Crippen LogP contribution in [0.2, 0.25) is 5.28 Å². The van der Waals surface area contributed by atoms with Gasteiger partial charge in [-0.1, -0.05) is 13.8 Å². The van der Waals surface area contributed by atoms with E-state index in [1.165, 1.54) is 6.42 Å². The zero-order valence-corrected chi connectivity index (χ0v) is 9.78. The van der Waals surface area contributed by atoms with Gasteiger partial charge >= 0.3 is 0 Å². The summed E-state index contributed by atoms with van der Waals surface area (Å²) < 4.78 is 0. The highest BCUT2D eigenvalue weighted by Crippen LogP contribution is 2.24. The summed E-state index contributed by atoms with van der Waals surface area (Å²) in [6.07, 6.45) is 2.96. The van der Waals surface area contributed by atoms with Crippen LogP contribution < -0.4 is 4.90 Å². The lowest BCUT2D eigenvalue weighted by Gasteiger charge is -2.35. The van der Waals surface area contributed by atoms with Gasteiger partial charge in [0.15, 0.2) is 5.82 Å². The largest absolute Gasteiger partial charge is 0.355 e. The molecule has 15 heavy (non-hydrogen) atoms. The van der Waals surface area contributed by atoms with Crippen molar-refractivity contribution >= 4 is 17.4 Å². The number of hydrogen-bond donors (Lipinski definition) is 0. The summed E-state index contributed by atoms with van der Waals surface area (Å²) in [5.74, 6) is 2.23. The minimum Gasteiger partial charge on any atom is -0.355 e. The molecule has 0 aromatic carbocycles. The SMILES string of the molecule is CC1CC(C)CN(c2cnnc(Cl)n2)C1. The summed E-state index contributed by atoms with van der Waals surface area (Å²) in [6, 6.07) is 0. The summed E-state index contributed by atoms with van der Waals surface area (Å²) in [6.45, 7) is 6.58. The molecule has 0 amide bonds. The Morgan fingerprint density at radius 2 is 2.00 bits per heavy atom. The summed E-state index contributed by atoms with van der Waals surface area (Å²) in [5.41, 5.74) is 0. The molecule has 1 aliphatic heterocycles. The van der Waals surface area contributed by atoms with E-state index in [1.54, 1.807) is 6.20 Å². The van der Waals surface area contributed by atoms with Crippen LogP contribution in [0.3, 0.4) is 0 Å². The van der Waals surface area contributed by atoms with Gasteiger partial charge in [-0.15, -0.1) is 5.10 Å². The van der Waals surface area contributed by atoms with Crippen molar-refractivity contribution in [1.29, 1.82) is 0 Å². The number of aromatic nitrogens is 3. The molecule has 0 spiro atoms. The molecule has 0 bridgehead atoms. The van der Waals surface area contributed by atoms with E-state index in [0.29, 0.717) is 11.8 Å². The van der Waals surface area contributed by atoms with E-state index in [2.05, 4.69) is 33.9 Å². The van der Waals surface area contributed by atoms with Crippen molar-refractivity contribution in [3.05, 3.63) is 11.5 Å². The minimum atomic E-state index is 0.221. The van der Waals surface area contributed by atoms with Crippen LogP contribution in [0.5, 0.6) is 0 Å². The fraction of sp³-hybridized carbons (Fsp3) is 0.700. The van der Waals surface area contributed by atoms with Gasteiger partial charge in [-0.25, -0.2) is 0 Å². The number of halogens is 1. The summed E-state index contributed by atoms with van der Waals surface area (Å²) in [7, 11) is 0. The Balaban J connectivity index is 2.16. The highest BCUT2D eigenvalue weighted by Gasteiger charge is 2.23. The number of hydrogen-bond acceptors (Lipinski definition) is 4. The standard InChI is InChI=1S/C10H15ClN4/c1-7-3-8(2)6-15(5-7)9-4-12-14-10(11)13-9/h4,7-8H,3,5-6H2,1-2H3. The topological polar surface area (TPSA) is 41.9 Å². The molecular weight excluding hydrogens is 212 g/mol. The maximum Gasteiger partial charge on any atom is 0.244 e.